The summed E-state index contributed by atoms with van der Waals surface area (Å²) in [6, 6.07) is 13.8. The molecule has 2 atom stereocenters. The Bertz CT molecular complexity index is 1310. The van der Waals surface area contributed by atoms with Crippen molar-refractivity contribution in [1.29, 1.82) is 0 Å². The second-order valence-electron chi connectivity index (χ2n) is 12.6. The molecule has 1 N–H and O–H groups in total. The molecule has 1 saturated heterocycles. The van der Waals surface area contributed by atoms with Crippen LogP contribution in [0.3, 0.4) is 0 Å². The SMILES string of the molecule is CC(C(=O)NCCC1CCC(CCc2ccccc2)(N(C)C)CC1)C1CCCCN1S(=O)(=O)c1cccc(C(F)(F)F)c1. The van der Waals surface area contributed by atoms with Gasteiger partial charge in [0.15, 0.2) is 0 Å². The molecule has 2 unspecified atom stereocenters. The van der Waals surface area contributed by atoms with Crippen LogP contribution < -0.4 is 5.32 Å². The molecule has 0 radical (unpaired) electrons. The lowest BCUT2D eigenvalue weighted by atomic mass is 9.72. The van der Waals surface area contributed by atoms with E-state index in [1.54, 1.807) is 6.92 Å². The number of nitrogens with one attached hydrogen (secondary N) is 1. The number of aryl methyl sites for hydroxylation is 1. The maximum atomic E-state index is 13.5. The Hall–Kier alpha value is -2.43. The highest BCUT2D eigenvalue weighted by atomic mass is 32.2. The zero-order valence-corrected chi connectivity index (χ0v) is 26.4. The molecule has 1 aliphatic heterocycles. The Labute approximate surface area is 255 Å². The van der Waals surface area contributed by atoms with E-state index in [0.717, 1.165) is 63.5 Å². The predicted molar refractivity (Wildman–Crippen MR) is 163 cm³/mol. The van der Waals surface area contributed by atoms with Gasteiger partial charge in [-0.3, -0.25) is 4.79 Å². The van der Waals surface area contributed by atoms with Crippen LogP contribution in [0, 0.1) is 11.8 Å². The molecule has 2 aromatic carbocycles. The highest BCUT2D eigenvalue weighted by Crippen LogP contribution is 2.40. The highest BCUT2D eigenvalue weighted by molar-refractivity contribution is 7.89. The standard InChI is InChI=1S/C33H46F3N3O3S/c1-25(30-14-7-8-23-39(30)43(41,42)29-13-9-12-28(24-29)33(34,35)36)31(40)37-22-18-27-16-20-32(21-17-27,38(2)3)19-15-26-10-5-4-6-11-26/h4-6,9-13,24-25,27,30H,7-8,14-23H2,1-3H3,(H,37,40). The van der Waals surface area contributed by atoms with Crippen molar-refractivity contribution in [2.45, 2.75) is 93.8 Å². The second kappa shape index (κ2) is 14.1. The topological polar surface area (TPSA) is 69.7 Å². The quantitative estimate of drug-likeness (QED) is 0.311. The van der Waals surface area contributed by atoms with Crippen LogP contribution in [-0.4, -0.2) is 62.3 Å². The summed E-state index contributed by atoms with van der Waals surface area (Å²) in [7, 11) is 0.149. The van der Waals surface area contributed by atoms with Crippen LogP contribution in [0.15, 0.2) is 59.5 Å². The number of hydrogen-bond acceptors (Lipinski definition) is 4. The number of hydrogen-bond donors (Lipinski definition) is 1. The number of benzene rings is 2. The summed E-state index contributed by atoms with van der Waals surface area (Å²) >= 11 is 0. The Kier molecular flexibility index (Phi) is 11.0. The van der Waals surface area contributed by atoms with Crippen molar-refractivity contribution in [3.63, 3.8) is 0 Å². The first kappa shape index (κ1) is 33.5. The van der Waals surface area contributed by atoms with Gasteiger partial charge < -0.3 is 10.2 Å². The van der Waals surface area contributed by atoms with E-state index in [2.05, 4.69) is 48.6 Å². The summed E-state index contributed by atoms with van der Waals surface area (Å²) in [5, 5.41) is 3.04. The van der Waals surface area contributed by atoms with E-state index in [0.29, 0.717) is 31.4 Å². The molecule has 1 heterocycles. The number of rotatable bonds is 11. The predicted octanol–water partition coefficient (Wildman–Crippen LogP) is 6.51. The molecule has 1 aliphatic carbocycles. The van der Waals surface area contributed by atoms with Crippen LogP contribution in [0.25, 0.3) is 0 Å². The van der Waals surface area contributed by atoms with E-state index < -0.39 is 38.6 Å². The minimum absolute atomic E-state index is 0.180. The van der Waals surface area contributed by atoms with Gasteiger partial charge >= 0.3 is 6.18 Å². The van der Waals surface area contributed by atoms with E-state index >= 15 is 0 Å². The molecular weight excluding hydrogens is 575 g/mol. The molecule has 0 bridgehead atoms. The van der Waals surface area contributed by atoms with E-state index in [1.807, 2.05) is 6.07 Å². The minimum Gasteiger partial charge on any atom is -0.356 e. The van der Waals surface area contributed by atoms with Gasteiger partial charge in [0.25, 0.3) is 0 Å². The minimum atomic E-state index is -4.64. The average Bonchev–Trinajstić information content (AvgIpc) is 3.00. The Morgan fingerprint density at radius 1 is 1.05 bits per heavy atom. The number of carbonyl (C=O) groups is 1. The number of halogens is 3. The maximum absolute atomic E-state index is 13.5. The Balaban J connectivity index is 1.30. The number of carbonyl (C=O) groups excluding carboxylic acids is 1. The molecule has 6 nitrogen and oxygen atoms in total. The van der Waals surface area contributed by atoms with Crippen molar-refractivity contribution < 1.29 is 26.4 Å². The summed E-state index contributed by atoms with van der Waals surface area (Å²) in [4.78, 5) is 15.2. The molecule has 0 spiro atoms. The maximum Gasteiger partial charge on any atom is 0.416 e. The van der Waals surface area contributed by atoms with E-state index in [-0.39, 0.29) is 18.0 Å². The van der Waals surface area contributed by atoms with Crippen LogP contribution in [0.5, 0.6) is 0 Å². The van der Waals surface area contributed by atoms with Gasteiger partial charge in [0, 0.05) is 24.7 Å². The first-order chi connectivity index (χ1) is 20.3. The fourth-order valence-electron chi connectivity index (χ4n) is 6.88. The van der Waals surface area contributed by atoms with E-state index in [9.17, 15) is 26.4 Å². The summed E-state index contributed by atoms with van der Waals surface area (Å²) in [6.45, 7) is 2.43. The van der Waals surface area contributed by atoms with Gasteiger partial charge in [0.05, 0.1) is 16.4 Å². The third-order valence-electron chi connectivity index (χ3n) is 9.82. The smallest absolute Gasteiger partial charge is 0.356 e. The van der Waals surface area contributed by atoms with Gasteiger partial charge in [-0.1, -0.05) is 49.7 Å². The van der Waals surface area contributed by atoms with Crippen molar-refractivity contribution in [3.8, 4) is 0 Å². The molecule has 2 aromatic rings. The number of nitrogens with zero attached hydrogens (tertiary/aromatic N) is 2. The highest BCUT2D eigenvalue weighted by Gasteiger charge is 2.40. The van der Waals surface area contributed by atoms with E-state index in [1.165, 1.54) is 15.9 Å². The molecule has 10 heteroatoms. The summed E-state index contributed by atoms with van der Waals surface area (Å²) in [5.41, 5.74) is 0.538. The summed E-state index contributed by atoms with van der Waals surface area (Å²) in [5.74, 6) is -0.308. The summed E-state index contributed by atoms with van der Waals surface area (Å²) in [6.07, 6.45) is 4.69. The third kappa shape index (κ3) is 8.19. The van der Waals surface area contributed by atoms with Crippen LogP contribution in [0.2, 0.25) is 0 Å². The van der Waals surface area contributed by atoms with Gasteiger partial charge in [-0.15, -0.1) is 0 Å². The van der Waals surface area contributed by atoms with Gasteiger partial charge in [-0.05, 0) is 102 Å². The Morgan fingerprint density at radius 2 is 1.74 bits per heavy atom. The van der Waals surface area contributed by atoms with Crippen molar-refractivity contribution in [2.75, 3.05) is 27.2 Å². The third-order valence-corrected chi connectivity index (χ3v) is 11.7. The van der Waals surface area contributed by atoms with Gasteiger partial charge in [0.1, 0.15) is 0 Å². The van der Waals surface area contributed by atoms with Crippen molar-refractivity contribution in [2.24, 2.45) is 11.8 Å². The lowest BCUT2D eigenvalue weighted by molar-refractivity contribution is -0.137. The van der Waals surface area contributed by atoms with Gasteiger partial charge in [-0.2, -0.15) is 17.5 Å². The zero-order chi connectivity index (χ0) is 31.3. The molecule has 1 amide bonds. The molecule has 2 aliphatic rings. The van der Waals surface area contributed by atoms with Crippen LogP contribution in [-0.2, 0) is 27.4 Å². The monoisotopic (exact) mass is 621 g/mol. The molecule has 1 saturated carbocycles. The lowest BCUT2D eigenvalue weighted by Crippen LogP contribution is -2.51. The molecule has 2 fully saturated rings. The second-order valence-corrected chi connectivity index (χ2v) is 14.5. The molecule has 43 heavy (non-hydrogen) atoms. The number of sulfonamides is 1. The number of alkyl halides is 3. The normalized spacial score (nSPS) is 24.5. The van der Waals surface area contributed by atoms with Crippen molar-refractivity contribution in [1.82, 2.24) is 14.5 Å². The Morgan fingerprint density at radius 3 is 2.40 bits per heavy atom. The molecule has 4 rings (SSSR count). The average molecular weight is 622 g/mol. The largest absolute Gasteiger partial charge is 0.416 e. The number of amides is 1. The van der Waals surface area contributed by atoms with Crippen LogP contribution in [0.1, 0.15) is 75.8 Å². The van der Waals surface area contributed by atoms with E-state index in [4.69, 9.17) is 0 Å². The first-order valence-corrected chi connectivity index (χ1v) is 17.0. The fourth-order valence-corrected chi connectivity index (χ4v) is 8.69. The first-order valence-electron chi connectivity index (χ1n) is 15.5. The van der Waals surface area contributed by atoms with Crippen molar-refractivity contribution >= 4 is 15.9 Å². The van der Waals surface area contributed by atoms with Crippen LogP contribution >= 0.6 is 0 Å². The van der Waals surface area contributed by atoms with Crippen LogP contribution in [0.4, 0.5) is 13.2 Å². The van der Waals surface area contributed by atoms with Crippen molar-refractivity contribution in [3.05, 3.63) is 65.7 Å². The van der Waals surface area contributed by atoms with Gasteiger partial charge in [0.2, 0.25) is 15.9 Å². The molecular formula is C33H46F3N3O3S. The molecule has 238 valence electrons. The van der Waals surface area contributed by atoms with Gasteiger partial charge in [-0.25, -0.2) is 8.42 Å². The fraction of sp³-hybridized carbons (Fsp3) is 0.606. The summed E-state index contributed by atoms with van der Waals surface area (Å²) < 4.78 is 68.0. The molecule has 0 aromatic heterocycles. The zero-order valence-electron chi connectivity index (χ0n) is 25.6. The number of piperidine rings is 1. The lowest BCUT2D eigenvalue weighted by Gasteiger charge is -2.45.